The van der Waals surface area contributed by atoms with E-state index in [4.69, 9.17) is 11.6 Å². The Kier molecular flexibility index (Phi) is 4.77. The van der Waals surface area contributed by atoms with Crippen LogP contribution in [0.15, 0.2) is 53.4 Å². The van der Waals surface area contributed by atoms with Crippen molar-refractivity contribution in [1.29, 1.82) is 0 Å². The molecule has 6 heteroatoms. The number of aryl methyl sites for hydroxylation is 1. The van der Waals surface area contributed by atoms with Gasteiger partial charge in [-0.15, -0.1) is 0 Å². The molecule has 0 saturated carbocycles. The van der Waals surface area contributed by atoms with Crippen LogP contribution < -0.4 is 4.72 Å². The molecule has 0 aromatic heterocycles. The highest BCUT2D eigenvalue weighted by Crippen LogP contribution is 2.12. The van der Waals surface area contributed by atoms with Crippen LogP contribution in [0.25, 0.3) is 0 Å². The summed E-state index contributed by atoms with van der Waals surface area (Å²) in [6.07, 6.45) is 0. The molecule has 110 valence electrons. The summed E-state index contributed by atoms with van der Waals surface area (Å²) < 4.78 is 26.4. The van der Waals surface area contributed by atoms with Gasteiger partial charge in [0.15, 0.2) is 5.78 Å². The van der Waals surface area contributed by atoms with Crippen molar-refractivity contribution in [1.82, 2.24) is 4.72 Å². The first kappa shape index (κ1) is 15.7. The van der Waals surface area contributed by atoms with Gasteiger partial charge in [-0.05, 0) is 31.2 Å². The van der Waals surface area contributed by atoms with Gasteiger partial charge in [0.2, 0.25) is 10.0 Å². The molecule has 4 nitrogen and oxygen atoms in total. The molecule has 21 heavy (non-hydrogen) atoms. The third-order valence-electron chi connectivity index (χ3n) is 2.90. The molecule has 2 aromatic carbocycles. The van der Waals surface area contributed by atoms with E-state index in [0.29, 0.717) is 10.6 Å². The molecule has 2 aromatic rings. The molecule has 0 bridgehead atoms. The molecule has 0 radical (unpaired) electrons. The van der Waals surface area contributed by atoms with Crippen LogP contribution in [0.3, 0.4) is 0 Å². The summed E-state index contributed by atoms with van der Waals surface area (Å²) in [5.74, 6) is -0.340. The lowest BCUT2D eigenvalue weighted by molar-refractivity contribution is 0.0997. The Labute approximate surface area is 128 Å². The third kappa shape index (κ3) is 4.14. The van der Waals surface area contributed by atoms with Gasteiger partial charge >= 0.3 is 0 Å². The van der Waals surface area contributed by atoms with Crippen LogP contribution in [0, 0.1) is 6.92 Å². The van der Waals surface area contributed by atoms with E-state index in [1.807, 2.05) is 6.92 Å². The van der Waals surface area contributed by atoms with Gasteiger partial charge in [-0.1, -0.05) is 41.4 Å². The summed E-state index contributed by atoms with van der Waals surface area (Å²) >= 11 is 5.80. The van der Waals surface area contributed by atoms with E-state index in [2.05, 4.69) is 4.72 Å². The second-order valence-corrected chi connectivity index (χ2v) is 6.77. The van der Waals surface area contributed by atoms with Gasteiger partial charge in [0, 0.05) is 10.6 Å². The van der Waals surface area contributed by atoms with Crippen LogP contribution in [0.5, 0.6) is 0 Å². The Morgan fingerprint density at radius 1 is 1.14 bits per heavy atom. The van der Waals surface area contributed by atoms with Crippen molar-refractivity contribution in [3.05, 3.63) is 64.7 Å². The van der Waals surface area contributed by atoms with Crippen LogP contribution in [0.2, 0.25) is 5.02 Å². The maximum atomic E-state index is 12.1. The smallest absolute Gasteiger partial charge is 0.240 e. The van der Waals surface area contributed by atoms with Crippen molar-refractivity contribution in [2.45, 2.75) is 11.8 Å². The predicted octanol–water partition coefficient (Wildman–Crippen LogP) is 2.81. The first-order chi connectivity index (χ1) is 9.88. The number of halogens is 1. The lowest BCUT2D eigenvalue weighted by atomic mass is 10.1. The van der Waals surface area contributed by atoms with E-state index in [9.17, 15) is 13.2 Å². The SMILES string of the molecule is Cc1ccc(S(=O)(=O)NCC(=O)c2cccc(Cl)c2)cc1. The van der Waals surface area contributed by atoms with Gasteiger partial charge in [0.25, 0.3) is 0 Å². The van der Waals surface area contributed by atoms with Gasteiger partial charge < -0.3 is 0 Å². The molecule has 0 atom stereocenters. The van der Waals surface area contributed by atoms with E-state index in [1.54, 1.807) is 30.3 Å². The summed E-state index contributed by atoms with van der Waals surface area (Å²) in [4.78, 5) is 12.1. The van der Waals surface area contributed by atoms with Crippen LogP contribution >= 0.6 is 11.6 Å². The number of nitrogens with one attached hydrogen (secondary N) is 1. The minimum atomic E-state index is -3.69. The van der Waals surface area contributed by atoms with Crippen LogP contribution in [-0.4, -0.2) is 20.7 Å². The highest BCUT2D eigenvalue weighted by molar-refractivity contribution is 7.89. The molecule has 0 heterocycles. The number of ketones is 1. The van der Waals surface area contributed by atoms with Crippen LogP contribution in [-0.2, 0) is 10.0 Å². The monoisotopic (exact) mass is 323 g/mol. The number of Topliss-reactive ketones (excluding diaryl/α,β-unsaturated/α-hetero) is 1. The lowest BCUT2D eigenvalue weighted by Crippen LogP contribution is -2.29. The first-order valence-corrected chi connectivity index (χ1v) is 8.10. The minimum absolute atomic E-state index is 0.131. The van der Waals surface area contributed by atoms with Crippen molar-refractivity contribution in [3.63, 3.8) is 0 Å². The zero-order valence-electron chi connectivity index (χ0n) is 11.3. The molecule has 0 spiro atoms. The number of hydrogen-bond donors (Lipinski definition) is 1. The lowest BCUT2D eigenvalue weighted by Gasteiger charge is -2.07. The maximum absolute atomic E-state index is 12.1. The number of sulfonamides is 1. The molecule has 0 amide bonds. The number of rotatable bonds is 5. The topological polar surface area (TPSA) is 63.2 Å². The van der Waals surface area contributed by atoms with Crippen molar-refractivity contribution in [2.75, 3.05) is 6.54 Å². The number of carbonyl (C=O) groups excluding carboxylic acids is 1. The van der Waals surface area contributed by atoms with Crippen molar-refractivity contribution in [2.24, 2.45) is 0 Å². The Morgan fingerprint density at radius 2 is 1.81 bits per heavy atom. The highest BCUT2D eigenvalue weighted by Gasteiger charge is 2.16. The average Bonchev–Trinajstić information content (AvgIpc) is 2.45. The van der Waals surface area contributed by atoms with Gasteiger partial charge in [-0.3, -0.25) is 4.79 Å². The molecule has 2 rings (SSSR count). The molecular formula is C15H14ClNO3S. The standard InChI is InChI=1S/C15H14ClNO3S/c1-11-5-7-14(8-6-11)21(19,20)17-10-15(18)12-3-2-4-13(16)9-12/h2-9,17H,10H2,1H3. The Morgan fingerprint density at radius 3 is 2.43 bits per heavy atom. The van der Waals surface area contributed by atoms with Gasteiger partial charge in [0.1, 0.15) is 0 Å². The molecular weight excluding hydrogens is 310 g/mol. The summed E-state index contributed by atoms with van der Waals surface area (Å²) in [7, 11) is -3.69. The predicted molar refractivity (Wildman–Crippen MR) is 82.2 cm³/mol. The molecule has 0 aliphatic rings. The molecule has 0 aliphatic heterocycles. The molecule has 0 saturated heterocycles. The molecule has 0 aliphatic carbocycles. The fourth-order valence-electron chi connectivity index (χ4n) is 1.73. The van der Waals surface area contributed by atoms with Gasteiger partial charge in [0.05, 0.1) is 11.4 Å². The summed E-state index contributed by atoms with van der Waals surface area (Å²) in [6, 6.07) is 12.8. The summed E-state index contributed by atoms with van der Waals surface area (Å²) in [6.45, 7) is 1.56. The second kappa shape index (κ2) is 6.39. The third-order valence-corrected chi connectivity index (χ3v) is 4.55. The van der Waals surface area contributed by atoms with Gasteiger partial charge in [-0.25, -0.2) is 13.1 Å². The largest absolute Gasteiger partial charge is 0.293 e. The van der Waals surface area contributed by atoms with Crippen molar-refractivity contribution < 1.29 is 13.2 Å². The zero-order chi connectivity index (χ0) is 15.5. The Hall–Kier alpha value is -1.69. The quantitative estimate of drug-likeness (QED) is 0.861. The van der Waals surface area contributed by atoms with Crippen LogP contribution in [0.1, 0.15) is 15.9 Å². The summed E-state index contributed by atoms with van der Waals surface area (Å²) in [5.41, 5.74) is 1.33. The minimum Gasteiger partial charge on any atom is -0.293 e. The number of carbonyl (C=O) groups is 1. The van der Waals surface area contributed by atoms with E-state index in [0.717, 1.165) is 5.56 Å². The fourth-order valence-corrected chi connectivity index (χ4v) is 2.90. The molecule has 0 fully saturated rings. The molecule has 0 unspecified atom stereocenters. The number of benzene rings is 2. The van der Waals surface area contributed by atoms with E-state index in [-0.39, 0.29) is 17.2 Å². The fraction of sp³-hybridized carbons (Fsp3) is 0.133. The van der Waals surface area contributed by atoms with Crippen molar-refractivity contribution in [3.8, 4) is 0 Å². The Balaban J connectivity index is 2.08. The van der Waals surface area contributed by atoms with E-state index < -0.39 is 10.0 Å². The molecule has 1 N–H and O–H groups in total. The Bertz CT molecular complexity index is 755. The zero-order valence-corrected chi connectivity index (χ0v) is 12.9. The van der Waals surface area contributed by atoms with Crippen LogP contribution in [0.4, 0.5) is 0 Å². The number of hydrogen-bond acceptors (Lipinski definition) is 3. The van der Waals surface area contributed by atoms with E-state index in [1.165, 1.54) is 18.2 Å². The summed E-state index contributed by atoms with van der Waals surface area (Å²) in [5, 5.41) is 0.433. The first-order valence-electron chi connectivity index (χ1n) is 6.23. The van der Waals surface area contributed by atoms with Crippen molar-refractivity contribution >= 4 is 27.4 Å². The van der Waals surface area contributed by atoms with Gasteiger partial charge in [-0.2, -0.15) is 0 Å². The normalized spacial score (nSPS) is 11.3. The highest BCUT2D eigenvalue weighted by atomic mass is 35.5. The maximum Gasteiger partial charge on any atom is 0.240 e. The van der Waals surface area contributed by atoms with E-state index >= 15 is 0 Å². The average molecular weight is 324 g/mol. The second-order valence-electron chi connectivity index (χ2n) is 4.57.